The lowest BCUT2D eigenvalue weighted by Gasteiger charge is -2.30. The summed E-state index contributed by atoms with van der Waals surface area (Å²) >= 11 is 0. The van der Waals surface area contributed by atoms with E-state index in [0.717, 1.165) is 24.8 Å². The molecule has 3 rings (SSSR count). The van der Waals surface area contributed by atoms with Crippen molar-refractivity contribution in [2.45, 2.75) is 31.7 Å². The summed E-state index contributed by atoms with van der Waals surface area (Å²) in [6.07, 6.45) is 3.13. The first kappa shape index (κ1) is 13.3. The van der Waals surface area contributed by atoms with Crippen molar-refractivity contribution in [1.82, 2.24) is 4.90 Å². The number of nitrogens with two attached hydrogens (primary N) is 1. The second-order valence-electron chi connectivity index (χ2n) is 5.84. The fourth-order valence-corrected chi connectivity index (χ4v) is 3.33. The Morgan fingerprint density at radius 1 is 1.10 bits per heavy atom. The van der Waals surface area contributed by atoms with E-state index in [0.29, 0.717) is 13.0 Å². The van der Waals surface area contributed by atoms with Gasteiger partial charge in [0, 0.05) is 24.4 Å². The highest BCUT2D eigenvalue weighted by Gasteiger charge is 2.44. The first-order valence-corrected chi connectivity index (χ1v) is 7.32. The molecule has 1 aromatic carbocycles. The number of benzene rings is 1. The Bertz CT molecular complexity index is 492. The SMILES string of the molecule is NC(CCN1C(=O)C2CCC(C2)C1=O)c1ccccc1. The number of piperidine rings is 1. The van der Waals surface area contributed by atoms with E-state index in [1.165, 1.54) is 4.90 Å². The van der Waals surface area contributed by atoms with Gasteiger partial charge in [-0.25, -0.2) is 0 Å². The smallest absolute Gasteiger partial charge is 0.232 e. The first-order valence-electron chi connectivity index (χ1n) is 7.32. The average Bonchev–Trinajstić information content (AvgIpc) is 2.93. The van der Waals surface area contributed by atoms with Crippen molar-refractivity contribution in [3.05, 3.63) is 35.9 Å². The summed E-state index contributed by atoms with van der Waals surface area (Å²) in [5.41, 5.74) is 7.19. The lowest BCUT2D eigenvalue weighted by molar-refractivity contribution is -0.152. The molecule has 3 unspecified atom stereocenters. The molecule has 1 heterocycles. The molecule has 0 radical (unpaired) electrons. The van der Waals surface area contributed by atoms with Gasteiger partial charge in [-0.15, -0.1) is 0 Å². The Labute approximate surface area is 118 Å². The minimum Gasteiger partial charge on any atom is -0.324 e. The fourth-order valence-electron chi connectivity index (χ4n) is 3.33. The van der Waals surface area contributed by atoms with Crippen LogP contribution in [-0.4, -0.2) is 23.3 Å². The predicted octanol–water partition coefficient (Wildman–Crippen LogP) is 1.86. The molecule has 106 valence electrons. The number of hydrogen-bond donors (Lipinski definition) is 1. The molecule has 20 heavy (non-hydrogen) atoms. The number of rotatable bonds is 4. The lowest BCUT2D eigenvalue weighted by Crippen LogP contribution is -2.47. The van der Waals surface area contributed by atoms with Crippen molar-refractivity contribution in [3.63, 3.8) is 0 Å². The number of hydrogen-bond acceptors (Lipinski definition) is 3. The Morgan fingerprint density at radius 2 is 1.70 bits per heavy atom. The van der Waals surface area contributed by atoms with Crippen LogP contribution in [0.15, 0.2) is 30.3 Å². The van der Waals surface area contributed by atoms with Crippen molar-refractivity contribution in [1.29, 1.82) is 0 Å². The highest BCUT2D eigenvalue weighted by atomic mass is 16.2. The third-order valence-electron chi connectivity index (χ3n) is 4.55. The van der Waals surface area contributed by atoms with Crippen LogP contribution in [0.1, 0.15) is 37.3 Å². The van der Waals surface area contributed by atoms with Gasteiger partial charge in [0.1, 0.15) is 0 Å². The minimum absolute atomic E-state index is 0.0176. The topological polar surface area (TPSA) is 63.4 Å². The van der Waals surface area contributed by atoms with Gasteiger partial charge in [0.2, 0.25) is 11.8 Å². The largest absolute Gasteiger partial charge is 0.324 e. The van der Waals surface area contributed by atoms with E-state index in [1.54, 1.807) is 0 Å². The monoisotopic (exact) mass is 272 g/mol. The van der Waals surface area contributed by atoms with E-state index < -0.39 is 0 Å². The summed E-state index contributed by atoms with van der Waals surface area (Å²) in [4.78, 5) is 25.9. The molecule has 2 amide bonds. The van der Waals surface area contributed by atoms with E-state index in [2.05, 4.69) is 0 Å². The molecule has 2 fully saturated rings. The quantitative estimate of drug-likeness (QED) is 0.851. The van der Waals surface area contributed by atoms with E-state index in [4.69, 9.17) is 5.73 Å². The van der Waals surface area contributed by atoms with E-state index in [1.807, 2.05) is 30.3 Å². The van der Waals surface area contributed by atoms with Gasteiger partial charge in [0.05, 0.1) is 0 Å². The number of likely N-dealkylation sites (tertiary alicyclic amines) is 1. The van der Waals surface area contributed by atoms with E-state index >= 15 is 0 Å². The summed E-state index contributed by atoms with van der Waals surface area (Å²) in [6.45, 7) is 0.445. The molecule has 2 bridgehead atoms. The summed E-state index contributed by atoms with van der Waals surface area (Å²) in [7, 11) is 0. The van der Waals surface area contributed by atoms with Crippen LogP contribution in [0.4, 0.5) is 0 Å². The molecule has 0 aromatic heterocycles. The van der Waals surface area contributed by atoms with Gasteiger partial charge in [-0.3, -0.25) is 14.5 Å². The molecule has 0 spiro atoms. The van der Waals surface area contributed by atoms with Crippen LogP contribution in [0.25, 0.3) is 0 Å². The third-order valence-corrected chi connectivity index (χ3v) is 4.55. The van der Waals surface area contributed by atoms with Crippen molar-refractivity contribution < 1.29 is 9.59 Å². The number of nitrogens with zero attached hydrogens (tertiary/aromatic N) is 1. The van der Waals surface area contributed by atoms with Gasteiger partial charge in [-0.1, -0.05) is 30.3 Å². The second-order valence-corrected chi connectivity index (χ2v) is 5.84. The molecule has 2 aliphatic rings. The molecule has 4 nitrogen and oxygen atoms in total. The zero-order valence-electron chi connectivity index (χ0n) is 11.5. The van der Waals surface area contributed by atoms with Gasteiger partial charge in [-0.05, 0) is 31.2 Å². The molecule has 2 N–H and O–H groups in total. The van der Waals surface area contributed by atoms with Crippen LogP contribution < -0.4 is 5.73 Å². The van der Waals surface area contributed by atoms with Crippen molar-refractivity contribution >= 4 is 11.8 Å². The van der Waals surface area contributed by atoms with Crippen LogP contribution in [0.2, 0.25) is 0 Å². The maximum Gasteiger partial charge on any atom is 0.232 e. The molecule has 3 atom stereocenters. The Morgan fingerprint density at radius 3 is 2.30 bits per heavy atom. The minimum atomic E-state index is -0.128. The van der Waals surface area contributed by atoms with E-state index in [-0.39, 0.29) is 29.7 Å². The maximum absolute atomic E-state index is 12.2. The lowest BCUT2D eigenvalue weighted by atomic mass is 9.96. The highest BCUT2D eigenvalue weighted by molar-refractivity contribution is 6.00. The standard InChI is InChI=1S/C16H20N2O2/c17-14(11-4-2-1-3-5-11)8-9-18-15(19)12-6-7-13(10-12)16(18)20/h1-5,12-14H,6-10,17H2. The van der Waals surface area contributed by atoms with Gasteiger partial charge >= 0.3 is 0 Å². The van der Waals surface area contributed by atoms with Crippen molar-refractivity contribution in [2.24, 2.45) is 17.6 Å². The zero-order valence-corrected chi connectivity index (χ0v) is 11.5. The molecule has 1 aliphatic carbocycles. The van der Waals surface area contributed by atoms with Crippen molar-refractivity contribution in [3.8, 4) is 0 Å². The van der Waals surface area contributed by atoms with Gasteiger partial charge in [0.15, 0.2) is 0 Å². The van der Waals surface area contributed by atoms with Crippen LogP contribution in [0.5, 0.6) is 0 Å². The summed E-state index contributed by atoms with van der Waals surface area (Å²) in [5, 5.41) is 0. The molecular formula is C16H20N2O2. The number of carbonyl (C=O) groups is 2. The molecule has 1 saturated heterocycles. The second kappa shape index (κ2) is 5.37. The number of imide groups is 1. The molecule has 1 saturated carbocycles. The van der Waals surface area contributed by atoms with Crippen molar-refractivity contribution in [2.75, 3.05) is 6.54 Å². The van der Waals surface area contributed by atoms with Crippen LogP contribution in [0, 0.1) is 11.8 Å². The molecule has 1 aliphatic heterocycles. The summed E-state index contributed by atoms with van der Waals surface area (Å²) in [6, 6.07) is 9.68. The van der Waals surface area contributed by atoms with Crippen LogP contribution in [-0.2, 0) is 9.59 Å². The normalized spacial score (nSPS) is 26.9. The summed E-state index contributed by atoms with van der Waals surface area (Å²) in [5.74, 6) is 0.185. The zero-order chi connectivity index (χ0) is 14.1. The highest BCUT2D eigenvalue weighted by Crippen LogP contribution is 2.38. The van der Waals surface area contributed by atoms with E-state index in [9.17, 15) is 9.59 Å². The number of amides is 2. The van der Waals surface area contributed by atoms with Crippen LogP contribution in [0.3, 0.4) is 0 Å². The Balaban J connectivity index is 1.63. The first-order chi connectivity index (χ1) is 9.66. The molecular weight excluding hydrogens is 252 g/mol. The molecule has 1 aromatic rings. The van der Waals surface area contributed by atoms with Gasteiger partial charge in [-0.2, -0.15) is 0 Å². The Kier molecular flexibility index (Phi) is 3.57. The van der Waals surface area contributed by atoms with Gasteiger partial charge in [0.25, 0.3) is 0 Å². The van der Waals surface area contributed by atoms with Gasteiger partial charge < -0.3 is 5.73 Å². The average molecular weight is 272 g/mol. The molecule has 4 heteroatoms. The number of carbonyl (C=O) groups excluding carboxylic acids is 2. The predicted molar refractivity (Wildman–Crippen MR) is 75.5 cm³/mol. The number of fused-ring (bicyclic) bond motifs is 2. The fraction of sp³-hybridized carbons (Fsp3) is 0.500. The Hall–Kier alpha value is -1.68. The third kappa shape index (κ3) is 2.36. The summed E-state index contributed by atoms with van der Waals surface area (Å²) < 4.78 is 0. The maximum atomic E-state index is 12.2. The van der Waals surface area contributed by atoms with Crippen LogP contribution >= 0.6 is 0 Å².